The number of aromatic nitrogens is 1. The normalized spacial score (nSPS) is 16.4. The van der Waals surface area contributed by atoms with Crippen LogP contribution in [0.1, 0.15) is 55.1 Å². The van der Waals surface area contributed by atoms with E-state index in [-0.39, 0.29) is 17.8 Å². The number of halogens is 1. The Labute approximate surface area is 226 Å². The lowest BCUT2D eigenvalue weighted by Crippen LogP contribution is -2.36. The number of benzene rings is 2. The Morgan fingerprint density at radius 3 is 2.53 bits per heavy atom. The first-order chi connectivity index (χ1) is 18.1. The SMILES string of the molecule is COC(=O)C1CCN(Cc2ccc3c(c2)cc(-c2ccc(Cl)c4c2C(=O)NC4)n3C(=O)OC(C)(C)C)CC1. The van der Waals surface area contributed by atoms with Crippen molar-refractivity contribution in [3.8, 4) is 11.3 Å². The molecule has 38 heavy (non-hydrogen) atoms. The van der Waals surface area contributed by atoms with Gasteiger partial charge in [-0.1, -0.05) is 23.7 Å². The van der Waals surface area contributed by atoms with Gasteiger partial charge in [0.2, 0.25) is 0 Å². The summed E-state index contributed by atoms with van der Waals surface area (Å²) in [6.07, 6.45) is 1.04. The highest BCUT2D eigenvalue weighted by molar-refractivity contribution is 6.32. The van der Waals surface area contributed by atoms with Gasteiger partial charge in [-0.05, 0) is 76.5 Å². The Morgan fingerprint density at radius 1 is 1.11 bits per heavy atom. The minimum absolute atomic E-state index is 0.0394. The monoisotopic (exact) mass is 537 g/mol. The molecule has 2 aliphatic rings. The summed E-state index contributed by atoms with van der Waals surface area (Å²) < 4.78 is 12.2. The minimum Gasteiger partial charge on any atom is -0.469 e. The fourth-order valence-corrected chi connectivity index (χ4v) is 5.57. The van der Waals surface area contributed by atoms with Crippen LogP contribution in [-0.2, 0) is 27.4 Å². The van der Waals surface area contributed by atoms with Crippen molar-refractivity contribution in [1.29, 1.82) is 0 Å². The number of rotatable bonds is 4. The summed E-state index contributed by atoms with van der Waals surface area (Å²) in [5, 5.41) is 4.23. The number of hydrogen-bond acceptors (Lipinski definition) is 6. The summed E-state index contributed by atoms with van der Waals surface area (Å²) in [4.78, 5) is 40.4. The maximum atomic E-state index is 13.5. The van der Waals surface area contributed by atoms with Gasteiger partial charge in [0.15, 0.2) is 0 Å². The van der Waals surface area contributed by atoms with Gasteiger partial charge in [-0.15, -0.1) is 0 Å². The van der Waals surface area contributed by atoms with Crippen LogP contribution < -0.4 is 5.32 Å². The van der Waals surface area contributed by atoms with E-state index in [9.17, 15) is 14.4 Å². The van der Waals surface area contributed by atoms with Crippen molar-refractivity contribution in [3.63, 3.8) is 0 Å². The van der Waals surface area contributed by atoms with Gasteiger partial charge in [0.1, 0.15) is 5.60 Å². The molecule has 8 nitrogen and oxygen atoms in total. The lowest BCUT2D eigenvalue weighted by molar-refractivity contribution is -0.147. The fourth-order valence-electron chi connectivity index (χ4n) is 5.34. The molecule has 1 amide bonds. The first kappa shape index (κ1) is 26.3. The molecule has 1 saturated heterocycles. The molecule has 2 aromatic carbocycles. The molecule has 0 bridgehead atoms. The maximum Gasteiger partial charge on any atom is 0.419 e. The Morgan fingerprint density at radius 2 is 1.84 bits per heavy atom. The number of ether oxygens (including phenoxy) is 2. The highest BCUT2D eigenvalue weighted by Crippen LogP contribution is 2.37. The van der Waals surface area contributed by atoms with Gasteiger partial charge in [0, 0.05) is 34.6 Å². The van der Waals surface area contributed by atoms with Crippen molar-refractivity contribution in [2.75, 3.05) is 20.2 Å². The maximum absolute atomic E-state index is 13.5. The topological polar surface area (TPSA) is 89.9 Å². The molecule has 0 spiro atoms. The number of nitrogens with zero attached hydrogens (tertiary/aromatic N) is 2. The molecule has 0 atom stereocenters. The Hall–Kier alpha value is -3.36. The van der Waals surface area contributed by atoms with E-state index in [0.717, 1.165) is 49.0 Å². The second-order valence-electron chi connectivity index (χ2n) is 10.9. The second-order valence-corrected chi connectivity index (χ2v) is 11.4. The molecular weight excluding hydrogens is 506 g/mol. The van der Waals surface area contributed by atoms with Crippen LogP contribution in [0.3, 0.4) is 0 Å². The highest BCUT2D eigenvalue weighted by atomic mass is 35.5. The molecule has 9 heteroatoms. The van der Waals surface area contributed by atoms with Crippen LogP contribution in [0.15, 0.2) is 36.4 Å². The third-order valence-corrected chi connectivity index (χ3v) is 7.51. The molecule has 0 saturated carbocycles. The van der Waals surface area contributed by atoms with E-state index in [0.29, 0.717) is 33.9 Å². The van der Waals surface area contributed by atoms with Crippen LogP contribution in [0, 0.1) is 5.92 Å². The fraction of sp³-hybridized carbons (Fsp3) is 0.414. The number of fused-ring (bicyclic) bond motifs is 2. The molecule has 3 aromatic rings. The average Bonchev–Trinajstić information content (AvgIpc) is 3.44. The van der Waals surface area contributed by atoms with Gasteiger partial charge < -0.3 is 14.8 Å². The number of likely N-dealkylation sites (tertiary alicyclic amines) is 1. The van der Waals surface area contributed by atoms with Gasteiger partial charge >= 0.3 is 12.1 Å². The van der Waals surface area contributed by atoms with E-state index >= 15 is 0 Å². The number of esters is 1. The number of nitrogens with one attached hydrogen (secondary N) is 1. The zero-order valence-corrected chi connectivity index (χ0v) is 22.9. The van der Waals surface area contributed by atoms with Gasteiger partial charge in [-0.25, -0.2) is 9.36 Å². The molecule has 0 radical (unpaired) electrons. The molecule has 1 aromatic heterocycles. The van der Waals surface area contributed by atoms with E-state index in [2.05, 4.69) is 16.3 Å². The minimum atomic E-state index is -0.694. The molecule has 1 N–H and O–H groups in total. The van der Waals surface area contributed by atoms with Crippen LogP contribution >= 0.6 is 11.6 Å². The average molecular weight is 538 g/mol. The van der Waals surface area contributed by atoms with Crippen LogP contribution in [0.5, 0.6) is 0 Å². The number of carbonyl (C=O) groups is 3. The van der Waals surface area contributed by atoms with Crippen molar-refractivity contribution >= 4 is 40.5 Å². The standard InChI is InChI=1S/C29H32ClN3O5/c1-29(2,3)38-28(36)33-23-8-5-17(16-32-11-9-18(10-12-32)27(35)37-4)13-19(23)14-24(33)20-6-7-22(30)21-15-31-26(34)25(20)21/h5-8,13-14,18H,9-12,15-16H2,1-4H3,(H,31,34). The smallest absolute Gasteiger partial charge is 0.419 e. The molecule has 1 fully saturated rings. The van der Waals surface area contributed by atoms with Gasteiger partial charge in [-0.2, -0.15) is 0 Å². The predicted octanol–water partition coefficient (Wildman–Crippen LogP) is 5.37. The van der Waals surface area contributed by atoms with E-state index in [1.54, 1.807) is 16.7 Å². The summed E-state index contributed by atoms with van der Waals surface area (Å²) in [7, 11) is 1.44. The van der Waals surface area contributed by atoms with Crippen molar-refractivity contribution in [1.82, 2.24) is 14.8 Å². The largest absolute Gasteiger partial charge is 0.469 e. The van der Waals surface area contributed by atoms with Crippen LogP contribution in [0.2, 0.25) is 5.02 Å². The van der Waals surface area contributed by atoms with E-state index in [1.165, 1.54) is 7.11 Å². The van der Waals surface area contributed by atoms with Crippen molar-refractivity contribution in [2.24, 2.45) is 5.92 Å². The van der Waals surface area contributed by atoms with Gasteiger partial charge in [0.05, 0.1) is 29.8 Å². The zero-order chi connectivity index (χ0) is 27.2. The number of piperidine rings is 1. The molecular formula is C29H32ClN3O5. The molecule has 3 heterocycles. The van der Waals surface area contributed by atoms with Crippen molar-refractivity contribution < 1.29 is 23.9 Å². The number of amides is 1. The zero-order valence-electron chi connectivity index (χ0n) is 22.1. The van der Waals surface area contributed by atoms with Crippen LogP contribution in [0.4, 0.5) is 4.79 Å². The molecule has 5 rings (SSSR count). The highest BCUT2D eigenvalue weighted by Gasteiger charge is 2.30. The number of methoxy groups -OCH3 is 1. The van der Waals surface area contributed by atoms with Gasteiger partial charge in [-0.3, -0.25) is 14.5 Å². The second kappa shape index (κ2) is 10.1. The summed E-state index contributed by atoms with van der Waals surface area (Å²) in [6, 6.07) is 11.5. The third-order valence-electron chi connectivity index (χ3n) is 7.15. The molecule has 200 valence electrons. The Bertz CT molecular complexity index is 1430. The Kier molecular flexibility index (Phi) is 6.96. The Balaban J connectivity index is 1.53. The summed E-state index contributed by atoms with van der Waals surface area (Å²) in [5.41, 5.74) is 3.53. The lowest BCUT2D eigenvalue weighted by atomic mass is 9.96. The third kappa shape index (κ3) is 5.02. The van der Waals surface area contributed by atoms with E-state index < -0.39 is 11.7 Å². The van der Waals surface area contributed by atoms with E-state index in [1.807, 2.05) is 39.0 Å². The summed E-state index contributed by atoms with van der Waals surface area (Å²) >= 11 is 6.39. The molecule has 0 aliphatic carbocycles. The molecule has 0 unspecified atom stereocenters. The summed E-state index contributed by atoms with van der Waals surface area (Å²) in [5.74, 6) is -0.388. The van der Waals surface area contributed by atoms with Crippen molar-refractivity contribution in [2.45, 2.75) is 52.3 Å². The van der Waals surface area contributed by atoms with E-state index in [4.69, 9.17) is 21.1 Å². The first-order valence-corrected chi connectivity index (χ1v) is 13.2. The van der Waals surface area contributed by atoms with Gasteiger partial charge in [0.25, 0.3) is 5.91 Å². The molecule has 2 aliphatic heterocycles. The summed E-state index contributed by atoms with van der Waals surface area (Å²) in [6.45, 7) is 8.18. The number of hydrogen-bond donors (Lipinski definition) is 1. The first-order valence-electron chi connectivity index (χ1n) is 12.8. The lowest BCUT2D eigenvalue weighted by Gasteiger charge is -2.30. The quantitative estimate of drug-likeness (QED) is 0.450. The van der Waals surface area contributed by atoms with Crippen LogP contribution in [-0.4, -0.2) is 53.2 Å². The van der Waals surface area contributed by atoms with Crippen LogP contribution in [0.25, 0.3) is 22.2 Å². The predicted molar refractivity (Wildman–Crippen MR) is 145 cm³/mol. The van der Waals surface area contributed by atoms with Crippen molar-refractivity contribution in [3.05, 3.63) is 58.1 Å². The number of carbonyl (C=O) groups excluding carboxylic acids is 3.